The number of hydrogen-bond donors (Lipinski definition) is 2. The second-order valence-electron chi connectivity index (χ2n) is 4.54. The summed E-state index contributed by atoms with van der Waals surface area (Å²) in [6.07, 6.45) is -1.03. The van der Waals surface area contributed by atoms with Crippen LogP contribution in [0.5, 0.6) is 0 Å². The number of aliphatic hydroxyl groups excluding tert-OH is 1. The zero-order valence-corrected chi connectivity index (χ0v) is 10.8. The molecule has 98 valence electrons. The van der Waals surface area contributed by atoms with E-state index in [2.05, 4.69) is 5.32 Å². The fourth-order valence-corrected chi connectivity index (χ4v) is 3.78. The lowest BCUT2D eigenvalue weighted by molar-refractivity contribution is 0.0888. The van der Waals surface area contributed by atoms with Crippen molar-refractivity contribution in [2.75, 3.05) is 11.5 Å². The number of nitrogens with one attached hydrogen (secondary N) is 1. The second kappa shape index (κ2) is 4.70. The summed E-state index contributed by atoms with van der Waals surface area (Å²) in [4.78, 5) is 12.0. The van der Waals surface area contributed by atoms with Crippen molar-refractivity contribution in [3.05, 3.63) is 35.4 Å². The Morgan fingerprint density at radius 2 is 2.00 bits per heavy atom. The fraction of sp³-hybridized carbons (Fsp3) is 0.417. The first-order valence-electron chi connectivity index (χ1n) is 5.64. The molecule has 6 heteroatoms. The van der Waals surface area contributed by atoms with E-state index < -0.39 is 22.0 Å². The van der Waals surface area contributed by atoms with Crippen LogP contribution < -0.4 is 5.32 Å². The number of aliphatic hydroxyl groups is 1. The van der Waals surface area contributed by atoms with Gasteiger partial charge in [-0.3, -0.25) is 4.79 Å². The second-order valence-corrected chi connectivity index (χ2v) is 6.69. The highest BCUT2D eigenvalue weighted by molar-refractivity contribution is 7.91. The van der Waals surface area contributed by atoms with Gasteiger partial charge in [0.1, 0.15) is 0 Å². The first-order valence-corrected chi connectivity index (χ1v) is 7.46. The number of amides is 1. The van der Waals surface area contributed by atoms with Crippen LogP contribution in [-0.2, 0) is 9.84 Å². The summed E-state index contributed by atoms with van der Waals surface area (Å²) in [5.74, 6) is -0.841. The highest BCUT2D eigenvalue weighted by Gasteiger charge is 2.37. The van der Waals surface area contributed by atoms with Gasteiger partial charge in [-0.25, -0.2) is 8.42 Å². The van der Waals surface area contributed by atoms with E-state index in [4.69, 9.17) is 0 Å². The van der Waals surface area contributed by atoms with Crippen LogP contribution >= 0.6 is 0 Å². The van der Waals surface area contributed by atoms with E-state index in [1.807, 2.05) is 6.07 Å². The molecule has 1 aromatic carbocycles. The normalized spacial score (nSPS) is 25.9. The Morgan fingerprint density at radius 3 is 2.56 bits per heavy atom. The Hall–Kier alpha value is -1.40. The molecule has 0 bridgehead atoms. The van der Waals surface area contributed by atoms with Crippen molar-refractivity contribution in [2.24, 2.45) is 0 Å². The van der Waals surface area contributed by atoms with E-state index in [9.17, 15) is 18.3 Å². The van der Waals surface area contributed by atoms with Crippen LogP contribution in [0.25, 0.3) is 0 Å². The van der Waals surface area contributed by atoms with Gasteiger partial charge in [0.25, 0.3) is 5.91 Å². The molecular weight excluding hydrogens is 254 g/mol. The van der Waals surface area contributed by atoms with Gasteiger partial charge in [-0.05, 0) is 18.6 Å². The van der Waals surface area contributed by atoms with Crippen LogP contribution in [0, 0.1) is 6.92 Å². The van der Waals surface area contributed by atoms with Crippen LogP contribution in [0.4, 0.5) is 0 Å². The fourth-order valence-electron chi connectivity index (χ4n) is 2.04. The van der Waals surface area contributed by atoms with E-state index in [0.29, 0.717) is 5.56 Å². The van der Waals surface area contributed by atoms with Crippen molar-refractivity contribution in [3.8, 4) is 0 Å². The van der Waals surface area contributed by atoms with E-state index >= 15 is 0 Å². The lowest BCUT2D eigenvalue weighted by atomic mass is 10.1. The molecule has 2 rings (SSSR count). The van der Waals surface area contributed by atoms with Crippen molar-refractivity contribution in [1.82, 2.24) is 5.32 Å². The van der Waals surface area contributed by atoms with Gasteiger partial charge in [-0.1, -0.05) is 18.2 Å². The molecule has 2 atom stereocenters. The molecule has 18 heavy (non-hydrogen) atoms. The average Bonchev–Trinajstić information content (AvgIpc) is 2.52. The van der Waals surface area contributed by atoms with Crippen molar-refractivity contribution in [3.63, 3.8) is 0 Å². The number of rotatable bonds is 2. The lowest BCUT2D eigenvalue weighted by Gasteiger charge is -2.15. The minimum Gasteiger partial charge on any atom is -0.390 e. The summed E-state index contributed by atoms with van der Waals surface area (Å²) in [6.45, 7) is 1.80. The van der Waals surface area contributed by atoms with Crippen LogP contribution in [0.15, 0.2) is 24.3 Å². The van der Waals surface area contributed by atoms with E-state index in [0.717, 1.165) is 5.56 Å². The van der Waals surface area contributed by atoms with Crippen molar-refractivity contribution >= 4 is 15.7 Å². The van der Waals surface area contributed by atoms with Crippen molar-refractivity contribution in [2.45, 2.75) is 19.1 Å². The number of benzene rings is 1. The van der Waals surface area contributed by atoms with Crippen LogP contribution in [-0.4, -0.2) is 43.1 Å². The minimum absolute atomic E-state index is 0.203. The van der Waals surface area contributed by atoms with Gasteiger partial charge in [-0.2, -0.15) is 0 Å². The molecule has 5 nitrogen and oxygen atoms in total. The summed E-state index contributed by atoms with van der Waals surface area (Å²) in [7, 11) is -3.25. The Balaban J connectivity index is 2.12. The zero-order valence-electron chi connectivity index (χ0n) is 9.96. The van der Waals surface area contributed by atoms with Crippen molar-refractivity contribution in [1.29, 1.82) is 0 Å². The van der Waals surface area contributed by atoms with Crippen molar-refractivity contribution < 1.29 is 18.3 Å². The molecule has 1 saturated heterocycles. The standard InChI is InChI=1S/C12H15NO4S/c1-8-4-2-3-5-9(8)12(15)13-10-6-18(16,17)7-11(10)14/h2-5,10-11,14H,6-7H2,1H3,(H,13,15). The van der Waals surface area contributed by atoms with Gasteiger partial charge >= 0.3 is 0 Å². The average molecular weight is 269 g/mol. The molecule has 1 heterocycles. The largest absolute Gasteiger partial charge is 0.390 e. The lowest BCUT2D eigenvalue weighted by Crippen LogP contribution is -2.42. The van der Waals surface area contributed by atoms with E-state index in [1.165, 1.54) is 0 Å². The Bertz CT molecular complexity index is 567. The zero-order chi connectivity index (χ0) is 13.3. The first kappa shape index (κ1) is 13.0. The maximum absolute atomic E-state index is 12.0. The van der Waals surface area contributed by atoms with Gasteiger partial charge in [-0.15, -0.1) is 0 Å². The smallest absolute Gasteiger partial charge is 0.251 e. The molecule has 1 aliphatic rings. The summed E-state index contributed by atoms with van der Waals surface area (Å²) in [5, 5.41) is 12.2. The molecular formula is C12H15NO4S. The third-order valence-corrected chi connectivity index (χ3v) is 4.75. The third kappa shape index (κ3) is 2.70. The van der Waals surface area contributed by atoms with Gasteiger partial charge in [0.05, 0.1) is 23.7 Å². The molecule has 1 amide bonds. The number of carbonyl (C=O) groups excluding carboxylic acids is 1. The molecule has 0 radical (unpaired) electrons. The maximum atomic E-state index is 12.0. The van der Waals surface area contributed by atoms with E-state index in [1.54, 1.807) is 25.1 Å². The Labute approximate surface area is 106 Å². The molecule has 0 aromatic heterocycles. The predicted octanol–water partition coefficient (Wildman–Crippen LogP) is -0.117. The topological polar surface area (TPSA) is 83.5 Å². The first-order chi connectivity index (χ1) is 8.39. The molecule has 0 aliphatic carbocycles. The number of carbonyl (C=O) groups is 1. The molecule has 1 aliphatic heterocycles. The van der Waals surface area contributed by atoms with Crippen LogP contribution in [0.3, 0.4) is 0 Å². The summed E-state index contributed by atoms with van der Waals surface area (Å²) in [5.41, 5.74) is 1.30. The molecule has 2 N–H and O–H groups in total. The highest BCUT2D eigenvalue weighted by Crippen LogP contribution is 2.14. The molecule has 1 aromatic rings. The Kier molecular flexibility index (Phi) is 3.41. The molecule has 0 saturated carbocycles. The third-order valence-electron chi connectivity index (χ3n) is 3.03. The minimum atomic E-state index is -3.25. The predicted molar refractivity (Wildman–Crippen MR) is 67.1 cm³/mol. The van der Waals surface area contributed by atoms with Gasteiger partial charge in [0.2, 0.25) is 0 Å². The maximum Gasteiger partial charge on any atom is 0.251 e. The summed E-state index contributed by atoms with van der Waals surface area (Å²) in [6, 6.07) is 6.31. The number of sulfone groups is 1. The van der Waals surface area contributed by atoms with Crippen LogP contribution in [0.1, 0.15) is 15.9 Å². The monoisotopic (exact) mass is 269 g/mol. The summed E-state index contributed by atoms with van der Waals surface area (Å²) >= 11 is 0. The number of aryl methyl sites for hydroxylation is 1. The molecule has 0 spiro atoms. The SMILES string of the molecule is Cc1ccccc1C(=O)NC1CS(=O)(=O)CC1O. The van der Waals surface area contributed by atoms with Gasteiger partial charge < -0.3 is 10.4 Å². The summed E-state index contributed by atoms with van der Waals surface area (Å²) < 4.78 is 22.7. The Morgan fingerprint density at radius 1 is 1.33 bits per heavy atom. The molecule has 2 unspecified atom stereocenters. The van der Waals surface area contributed by atoms with E-state index in [-0.39, 0.29) is 17.4 Å². The number of hydrogen-bond acceptors (Lipinski definition) is 4. The van der Waals surface area contributed by atoms with Gasteiger partial charge in [0.15, 0.2) is 9.84 Å². The van der Waals surface area contributed by atoms with Crippen LogP contribution in [0.2, 0.25) is 0 Å². The van der Waals surface area contributed by atoms with Gasteiger partial charge in [0, 0.05) is 5.56 Å². The quantitative estimate of drug-likeness (QED) is 0.784. The molecule has 1 fully saturated rings. The highest BCUT2D eigenvalue weighted by atomic mass is 32.2.